The monoisotopic (exact) mass is 257 g/mol. The molecule has 4 heteroatoms. The van der Waals surface area contributed by atoms with Gasteiger partial charge in [0, 0.05) is 16.8 Å². The number of hydrogen-bond donors (Lipinski definition) is 0. The molecule has 0 fully saturated rings. The lowest BCUT2D eigenvalue weighted by Crippen LogP contribution is -2.19. The highest BCUT2D eigenvalue weighted by Gasteiger charge is 2.18. The summed E-state index contributed by atoms with van der Waals surface area (Å²) in [7, 11) is -1.24. The Kier molecular flexibility index (Phi) is 4.28. The Morgan fingerprint density at radius 3 is 2.50 bits per heavy atom. The van der Waals surface area contributed by atoms with Crippen molar-refractivity contribution in [1.29, 1.82) is 0 Å². The molecular formula is C12H16ClNOS. The summed E-state index contributed by atoms with van der Waals surface area (Å²) in [6, 6.07) is 5.64. The molecule has 0 saturated heterocycles. The number of rotatable bonds is 2. The first kappa shape index (κ1) is 13.4. The molecule has 16 heavy (non-hydrogen) atoms. The van der Waals surface area contributed by atoms with Crippen LogP contribution in [-0.4, -0.2) is 15.2 Å². The van der Waals surface area contributed by atoms with Crippen molar-refractivity contribution < 1.29 is 4.21 Å². The van der Waals surface area contributed by atoms with Crippen molar-refractivity contribution in [3.63, 3.8) is 0 Å². The second kappa shape index (κ2) is 5.11. The average molecular weight is 258 g/mol. The van der Waals surface area contributed by atoms with Gasteiger partial charge in [0.2, 0.25) is 0 Å². The standard InChI is InChI=1S/C12H16ClNOS/c1-9-6-5-7-11(13)10(9)8-14-16(15)12(2,3)4/h5-8H,1-4H3/t16-/m0/s1. The first-order chi connectivity index (χ1) is 7.32. The molecule has 1 aromatic rings. The van der Waals surface area contributed by atoms with Crippen LogP contribution in [0.15, 0.2) is 22.6 Å². The summed E-state index contributed by atoms with van der Waals surface area (Å²) in [6.45, 7) is 7.62. The zero-order valence-electron chi connectivity index (χ0n) is 9.95. The van der Waals surface area contributed by atoms with Crippen LogP contribution in [0.2, 0.25) is 5.02 Å². The minimum absolute atomic E-state index is 0.342. The third-order valence-electron chi connectivity index (χ3n) is 2.07. The third kappa shape index (κ3) is 3.42. The highest BCUT2D eigenvalue weighted by atomic mass is 35.5. The number of nitrogens with zero attached hydrogens (tertiary/aromatic N) is 1. The van der Waals surface area contributed by atoms with Crippen molar-refractivity contribution in [1.82, 2.24) is 0 Å². The van der Waals surface area contributed by atoms with E-state index in [1.165, 1.54) is 0 Å². The molecule has 2 nitrogen and oxygen atoms in total. The lowest BCUT2D eigenvalue weighted by atomic mass is 10.1. The summed E-state index contributed by atoms with van der Waals surface area (Å²) in [4.78, 5) is 0. The van der Waals surface area contributed by atoms with Gasteiger partial charge in [-0.25, -0.2) is 4.21 Å². The van der Waals surface area contributed by atoms with Gasteiger partial charge in [0.15, 0.2) is 0 Å². The minimum atomic E-state index is -1.24. The van der Waals surface area contributed by atoms with Crippen LogP contribution < -0.4 is 0 Å². The van der Waals surface area contributed by atoms with Crippen LogP contribution in [0.4, 0.5) is 0 Å². The van der Waals surface area contributed by atoms with Crippen LogP contribution in [0.1, 0.15) is 31.9 Å². The first-order valence-corrected chi connectivity index (χ1v) is 6.52. The number of aryl methyl sites for hydroxylation is 1. The summed E-state index contributed by atoms with van der Waals surface area (Å²) < 4.78 is 15.4. The van der Waals surface area contributed by atoms with E-state index in [2.05, 4.69) is 4.40 Å². The van der Waals surface area contributed by atoms with Gasteiger partial charge in [0.1, 0.15) is 11.0 Å². The summed E-state index contributed by atoms with van der Waals surface area (Å²) in [6.07, 6.45) is 1.60. The van der Waals surface area contributed by atoms with Gasteiger partial charge in [0.25, 0.3) is 0 Å². The second-order valence-corrected chi connectivity index (χ2v) is 6.91. The van der Waals surface area contributed by atoms with E-state index in [4.69, 9.17) is 11.6 Å². The summed E-state index contributed by atoms with van der Waals surface area (Å²) in [5.74, 6) is 0. The molecule has 0 radical (unpaired) electrons. The van der Waals surface area contributed by atoms with Crippen molar-refractivity contribution in [2.75, 3.05) is 0 Å². The molecule has 0 aliphatic rings. The topological polar surface area (TPSA) is 29.4 Å². The molecule has 0 amide bonds. The number of halogens is 1. The maximum Gasteiger partial charge on any atom is 0.144 e. The quantitative estimate of drug-likeness (QED) is 0.746. The molecule has 0 saturated carbocycles. The van der Waals surface area contributed by atoms with Gasteiger partial charge in [-0.05, 0) is 39.3 Å². The average Bonchev–Trinajstić information content (AvgIpc) is 2.15. The van der Waals surface area contributed by atoms with E-state index in [1.807, 2.05) is 39.8 Å². The fraction of sp³-hybridized carbons (Fsp3) is 0.417. The molecule has 0 N–H and O–H groups in total. The molecule has 0 aliphatic carbocycles. The molecule has 1 atom stereocenters. The van der Waals surface area contributed by atoms with Gasteiger partial charge >= 0.3 is 0 Å². The molecule has 88 valence electrons. The van der Waals surface area contributed by atoms with E-state index in [9.17, 15) is 4.21 Å². The molecule has 0 heterocycles. The predicted octanol–water partition coefficient (Wildman–Crippen LogP) is 3.53. The van der Waals surface area contributed by atoms with Crippen LogP contribution in [0.5, 0.6) is 0 Å². The second-order valence-electron chi connectivity index (χ2n) is 4.57. The molecule has 0 bridgehead atoms. The fourth-order valence-electron chi connectivity index (χ4n) is 1.07. The lowest BCUT2D eigenvalue weighted by Gasteiger charge is -2.13. The third-order valence-corrected chi connectivity index (χ3v) is 3.75. The summed E-state index contributed by atoms with van der Waals surface area (Å²) >= 11 is 6.04. The van der Waals surface area contributed by atoms with Crippen molar-refractivity contribution in [2.45, 2.75) is 32.4 Å². The van der Waals surface area contributed by atoms with E-state index >= 15 is 0 Å². The van der Waals surface area contributed by atoms with Crippen molar-refractivity contribution in [3.05, 3.63) is 34.3 Å². The van der Waals surface area contributed by atoms with Crippen LogP contribution in [0, 0.1) is 6.92 Å². The highest BCUT2D eigenvalue weighted by Crippen LogP contribution is 2.18. The van der Waals surface area contributed by atoms with Crippen molar-refractivity contribution >= 4 is 28.8 Å². The Labute approximate surface area is 104 Å². The fourth-order valence-corrected chi connectivity index (χ4v) is 1.85. The van der Waals surface area contributed by atoms with Crippen molar-refractivity contribution in [3.8, 4) is 0 Å². The van der Waals surface area contributed by atoms with Crippen LogP contribution >= 0.6 is 11.6 Å². The Morgan fingerprint density at radius 2 is 2.00 bits per heavy atom. The predicted molar refractivity (Wildman–Crippen MR) is 71.7 cm³/mol. The van der Waals surface area contributed by atoms with Gasteiger partial charge in [-0.2, -0.15) is 4.40 Å². The van der Waals surface area contributed by atoms with Gasteiger partial charge < -0.3 is 0 Å². The SMILES string of the molecule is Cc1cccc(Cl)c1C=N[S@@](=O)C(C)(C)C. The van der Waals surface area contributed by atoms with Crippen LogP contribution in [0.3, 0.4) is 0 Å². The molecule has 1 aromatic carbocycles. The molecule has 0 spiro atoms. The van der Waals surface area contributed by atoms with E-state index in [1.54, 1.807) is 12.3 Å². The zero-order chi connectivity index (χ0) is 12.3. The van der Waals surface area contributed by atoms with Gasteiger partial charge in [-0.3, -0.25) is 0 Å². The van der Waals surface area contributed by atoms with E-state index in [0.717, 1.165) is 11.1 Å². The zero-order valence-corrected chi connectivity index (χ0v) is 11.5. The van der Waals surface area contributed by atoms with Gasteiger partial charge in [-0.15, -0.1) is 0 Å². The van der Waals surface area contributed by atoms with Crippen LogP contribution in [-0.2, 0) is 11.0 Å². The summed E-state index contributed by atoms with van der Waals surface area (Å²) in [5.41, 5.74) is 1.86. The lowest BCUT2D eigenvalue weighted by molar-refractivity contribution is 0.651. The Hall–Kier alpha value is -0.670. The van der Waals surface area contributed by atoms with Crippen LogP contribution in [0.25, 0.3) is 0 Å². The van der Waals surface area contributed by atoms with Crippen molar-refractivity contribution in [2.24, 2.45) is 4.40 Å². The molecular weight excluding hydrogens is 242 g/mol. The first-order valence-electron chi connectivity index (χ1n) is 5.03. The molecule has 0 aliphatic heterocycles. The minimum Gasteiger partial charge on any atom is -0.234 e. The summed E-state index contributed by atoms with van der Waals surface area (Å²) in [5, 5.41) is 0.634. The Bertz CT molecular complexity index is 415. The normalized spacial score (nSPS) is 14.3. The van der Waals surface area contributed by atoms with E-state index in [-0.39, 0.29) is 4.75 Å². The maximum atomic E-state index is 11.7. The number of benzene rings is 1. The Morgan fingerprint density at radius 1 is 1.38 bits per heavy atom. The van der Waals surface area contributed by atoms with Gasteiger partial charge in [-0.1, -0.05) is 23.7 Å². The highest BCUT2D eigenvalue weighted by molar-refractivity contribution is 7.85. The molecule has 0 unspecified atom stereocenters. The van der Waals surface area contributed by atoms with E-state index < -0.39 is 11.0 Å². The Balaban J connectivity index is 2.98. The largest absolute Gasteiger partial charge is 0.234 e. The van der Waals surface area contributed by atoms with E-state index in [0.29, 0.717) is 5.02 Å². The van der Waals surface area contributed by atoms with Gasteiger partial charge in [0.05, 0.1) is 4.75 Å². The number of hydrogen-bond acceptors (Lipinski definition) is 1. The smallest absolute Gasteiger partial charge is 0.144 e. The molecule has 1 rings (SSSR count). The maximum absolute atomic E-state index is 11.7. The molecule has 0 aromatic heterocycles.